The zero-order valence-corrected chi connectivity index (χ0v) is 16.2. The van der Waals surface area contributed by atoms with Gasteiger partial charge in [0.25, 0.3) is 10.0 Å². The molecule has 0 saturated carbocycles. The molecule has 0 aromatic heterocycles. The van der Waals surface area contributed by atoms with Crippen molar-refractivity contribution in [1.82, 2.24) is 4.41 Å². The predicted octanol–water partition coefficient (Wildman–Crippen LogP) is 2.21. The van der Waals surface area contributed by atoms with Crippen LogP contribution in [0.2, 0.25) is 10.0 Å². The summed E-state index contributed by atoms with van der Waals surface area (Å²) in [7, 11) is -8.13. The van der Waals surface area contributed by atoms with Crippen molar-refractivity contribution in [3.05, 3.63) is 46.4 Å². The van der Waals surface area contributed by atoms with Gasteiger partial charge in [-0.2, -0.15) is 12.8 Å². The molecule has 0 aliphatic rings. The van der Waals surface area contributed by atoms with Crippen LogP contribution >= 0.6 is 23.2 Å². The van der Waals surface area contributed by atoms with E-state index in [9.17, 15) is 21.6 Å². The molecule has 26 heavy (non-hydrogen) atoms. The monoisotopic (exact) mass is 438 g/mol. The van der Waals surface area contributed by atoms with E-state index in [-0.39, 0.29) is 32.2 Å². The minimum atomic E-state index is -4.37. The van der Waals surface area contributed by atoms with Crippen LogP contribution in [-0.4, -0.2) is 33.9 Å². The first-order chi connectivity index (χ1) is 12.0. The van der Waals surface area contributed by atoms with E-state index in [1.165, 1.54) is 18.2 Å². The number of carbonyl (C=O) groups excluding carboxylic acids is 1. The standard InChI is InChI=1S/C14H12Cl2N2O6S2/c1-25(20,21)14-5-3-10(26(22,23)18(17)8-19)7-13(14)24-12-4-2-9(15)6-11(12)16/h2-8H,17H2,1H3. The van der Waals surface area contributed by atoms with Crippen molar-refractivity contribution in [2.75, 3.05) is 6.26 Å². The molecule has 0 aliphatic heterocycles. The summed E-state index contributed by atoms with van der Waals surface area (Å²) in [4.78, 5) is 9.94. The molecule has 1 amide bonds. The van der Waals surface area contributed by atoms with E-state index in [4.69, 9.17) is 33.8 Å². The molecule has 2 aromatic carbocycles. The van der Waals surface area contributed by atoms with Crippen molar-refractivity contribution in [2.45, 2.75) is 9.79 Å². The highest BCUT2D eigenvalue weighted by atomic mass is 35.5. The number of nitrogens with two attached hydrogens (primary N) is 1. The number of hydrogen-bond acceptors (Lipinski definition) is 7. The molecule has 2 rings (SSSR count). The Labute approximate surface area is 160 Å². The van der Waals surface area contributed by atoms with Crippen molar-refractivity contribution < 1.29 is 26.4 Å². The summed E-state index contributed by atoms with van der Waals surface area (Å²) in [6, 6.07) is 7.16. The molecule has 0 unspecified atom stereocenters. The molecule has 0 bridgehead atoms. The lowest BCUT2D eigenvalue weighted by atomic mass is 10.3. The van der Waals surface area contributed by atoms with Crippen LogP contribution in [0.1, 0.15) is 0 Å². The number of sulfonamides is 1. The largest absolute Gasteiger partial charge is 0.454 e. The quantitative estimate of drug-likeness (QED) is 0.317. The zero-order valence-electron chi connectivity index (χ0n) is 13.1. The topological polar surface area (TPSA) is 124 Å². The second-order valence-corrected chi connectivity index (χ2v) is 9.67. The second-order valence-electron chi connectivity index (χ2n) is 5.00. The van der Waals surface area contributed by atoms with Gasteiger partial charge in [-0.05, 0) is 30.3 Å². The van der Waals surface area contributed by atoms with Gasteiger partial charge in [-0.1, -0.05) is 23.2 Å². The first-order valence-electron chi connectivity index (χ1n) is 6.68. The normalized spacial score (nSPS) is 11.8. The van der Waals surface area contributed by atoms with Crippen LogP contribution < -0.4 is 10.6 Å². The van der Waals surface area contributed by atoms with E-state index in [2.05, 4.69) is 0 Å². The fourth-order valence-corrected chi connectivity index (χ4v) is 3.97. The van der Waals surface area contributed by atoms with Crippen LogP contribution in [0.25, 0.3) is 0 Å². The number of hydrogen-bond donors (Lipinski definition) is 1. The van der Waals surface area contributed by atoms with Gasteiger partial charge in [-0.15, -0.1) is 0 Å². The van der Waals surface area contributed by atoms with Crippen LogP contribution in [0.15, 0.2) is 46.2 Å². The van der Waals surface area contributed by atoms with Crippen molar-refractivity contribution in [2.24, 2.45) is 5.84 Å². The Morgan fingerprint density at radius 3 is 2.23 bits per heavy atom. The first-order valence-corrected chi connectivity index (χ1v) is 10.8. The molecule has 2 aromatic rings. The summed E-state index contributed by atoms with van der Waals surface area (Å²) in [5.41, 5.74) is 0. The van der Waals surface area contributed by atoms with Gasteiger partial charge in [0.2, 0.25) is 6.41 Å². The van der Waals surface area contributed by atoms with Crippen molar-refractivity contribution in [3.8, 4) is 11.5 Å². The molecule has 0 radical (unpaired) electrons. The number of rotatable bonds is 6. The molecule has 140 valence electrons. The third-order valence-electron chi connectivity index (χ3n) is 3.11. The van der Waals surface area contributed by atoms with Gasteiger partial charge in [0.05, 0.1) is 9.92 Å². The highest BCUT2D eigenvalue weighted by Crippen LogP contribution is 2.36. The Morgan fingerprint density at radius 2 is 1.69 bits per heavy atom. The summed E-state index contributed by atoms with van der Waals surface area (Å²) in [5.74, 6) is 4.88. The summed E-state index contributed by atoms with van der Waals surface area (Å²) in [6.07, 6.45) is 0.823. The number of amides is 1. The zero-order chi connectivity index (χ0) is 19.7. The third-order valence-corrected chi connectivity index (χ3v) is 6.27. The average Bonchev–Trinajstić information content (AvgIpc) is 2.55. The maximum Gasteiger partial charge on any atom is 0.279 e. The fourth-order valence-electron chi connectivity index (χ4n) is 1.89. The van der Waals surface area contributed by atoms with Crippen LogP contribution in [0.3, 0.4) is 0 Å². The summed E-state index contributed by atoms with van der Waals surface area (Å²) < 4.78 is 53.7. The molecule has 0 spiro atoms. The van der Waals surface area contributed by atoms with E-state index in [1.807, 2.05) is 0 Å². The van der Waals surface area contributed by atoms with Crippen LogP contribution in [0.4, 0.5) is 0 Å². The summed E-state index contributed by atoms with van der Waals surface area (Å²) in [5, 5.41) is 0.408. The average molecular weight is 439 g/mol. The number of hydrazine groups is 1. The van der Waals surface area contributed by atoms with Gasteiger partial charge in [-0.25, -0.2) is 14.3 Å². The van der Waals surface area contributed by atoms with Crippen molar-refractivity contribution >= 4 is 49.5 Å². The lowest BCUT2D eigenvalue weighted by Crippen LogP contribution is -2.35. The molecule has 0 atom stereocenters. The SMILES string of the molecule is CS(=O)(=O)c1ccc(S(=O)(=O)N(N)C=O)cc1Oc1ccc(Cl)cc1Cl. The van der Waals surface area contributed by atoms with Gasteiger partial charge in [0.1, 0.15) is 16.4 Å². The summed E-state index contributed by atoms with van der Waals surface area (Å²) >= 11 is 11.8. The molecule has 2 N–H and O–H groups in total. The van der Waals surface area contributed by atoms with E-state index in [1.54, 1.807) is 0 Å². The van der Waals surface area contributed by atoms with E-state index in [0.717, 1.165) is 24.5 Å². The fraction of sp³-hybridized carbons (Fsp3) is 0.0714. The van der Waals surface area contributed by atoms with Gasteiger partial charge >= 0.3 is 0 Å². The van der Waals surface area contributed by atoms with Crippen molar-refractivity contribution in [3.63, 3.8) is 0 Å². The number of halogens is 2. The lowest BCUT2D eigenvalue weighted by Gasteiger charge is -2.15. The van der Waals surface area contributed by atoms with Crippen molar-refractivity contribution in [1.29, 1.82) is 0 Å². The third kappa shape index (κ3) is 4.27. The maximum absolute atomic E-state index is 12.2. The van der Waals surface area contributed by atoms with E-state index >= 15 is 0 Å². The molecule has 0 heterocycles. The Morgan fingerprint density at radius 1 is 1.04 bits per heavy atom. The maximum atomic E-state index is 12.2. The Bertz CT molecular complexity index is 1070. The van der Waals surface area contributed by atoms with Gasteiger partial charge < -0.3 is 4.74 Å². The van der Waals surface area contributed by atoms with Gasteiger partial charge in [0, 0.05) is 17.3 Å². The predicted molar refractivity (Wildman–Crippen MR) is 95.4 cm³/mol. The second kappa shape index (κ2) is 7.41. The number of ether oxygens (including phenoxy) is 1. The highest BCUT2D eigenvalue weighted by Gasteiger charge is 2.25. The number of sulfone groups is 1. The number of benzene rings is 2. The molecular formula is C14H12Cl2N2O6S2. The van der Waals surface area contributed by atoms with Gasteiger partial charge in [0.15, 0.2) is 9.84 Å². The summed E-state index contributed by atoms with van der Waals surface area (Å²) in [6.45, 7) is 0. The molecule has 8 nitrogen and oxygen atoms in total. The minimum absolute atomic E-state index is 0.0402. The molecule has 0 saturated heterocycles. The lowest BCUT2D eigenvalue weighted by molar-refractivity contribution is -0.114. The Balaban J connectivity index is 2.64. The Kier molecular flexibility index (Phi) is 5.83. The van der Waals surface area contributed by atoms with Crippen LogP contribution in [0, 0.1) is 0 Å². The van der Waals surface area contributed by atoms with Crippen LogP contribution in [0.5, 0.6) is 11.5 Å². The highest BCUT2D eigenvalue weighted by molar-refractivity contribution is 7.91. The molecule has 0 fully saturated rings. The number of carbonyl (C=O) groups is 1. The smallest absolute Gasteiger partial charge is 0.279 e. The minimum Gasteiger partial charge on any atom is -0.454 e. The molecule has 12 heteroatoms. The number of nitrogens with zero attached hydrogens (tertiary/aromatic N) is 1. The van der Waals surface area contributed by atoms with E-state index < -0.39 is 24.8 Å². The first kappa shape index (κ1) is 20.5. The molecular weight excluding hydrogens is 427 g/mol. The molecule has 0 aliphatic carbocycles. The van der Waals surface area contributed by atoms with Gasteiger partial charge in [-0.3, -0.25) is 4.79 Å². The van der Waals surface area contributed by atoms with Crippen LogP contribution in [-0.2, 0) is 24.7 Å². The van der Waals surface area contributed by atoms with E-state index in [0.29, 0.717) is 5.02 Å². The Hall–Kier alpha value is -1.85.